The van der Waals surface area contributed by atoms with Crippen molar-refractivity contribution in [1.82, 2.24) is 5.32 Å². The number of para-hydroxylation sites is 1. The third kappa shape index (κ3) is 1.95. The van der Waals surface area contributed by atoms with Gasteiger partial charge in [0.2, 0.25) is 0 Å². The molecule has 16 heavy (non-hydrogen) atoms. The molecule has 0 atom stereocenters. The largest absolute Gasteiger partial charge is 0.496 e. The van der Waals surface area contributed by atoms with E-state index in [1.54, 1.807) is 13.4 Å². The summed E-state index contributed by atoms with van der Waals surface area (Å²) in [7, 11) is 3.57. The number of benzene rings is 1. The van der Waals surface area contributed by atoms with Gasteiger partial charge in [0.05, 0.1) is 19.9 Å². The van der Waals surface area contributed by atoms with Crippen LogP contribution in [0.25, 0.3) is 11.1 Å². The van der Waals surface area contributed by atoms with E-state index in [1.807, 2.05) is 37.4 Å². The van der Waals surface area contributed by atoms with E-state index < -0.39 is 0 Å². The molecule has 1 N–H and O–H groups in total. The third-order valence-corrected chi connectivity index (χ3v) is 2.48. The van der Waals surface area contributed by atoms with E-state index in [-0.39, 0.29) is 0 Å². The van der Waals surface area contributed by atoms with Crippen molar-refractivity contribution in [3.05, 3.63) is 42.4 Å². The number of hydrogen-bond donors (Lipinski definition) is 1. The number of ether oxygens (including phenoxy) is 1. The maximum Gasteiger partial charge on any atom is 0.126 e. The summed E-state index contributed by atoms with van der Waals surface area (Å²) in [4.78, 5) is 0. The van der Waals surface area contributed by atoms with Gasteiger partial charge in [-0.3, -0.25) is 0 Å². The minimum atomic E-state index is 0.709. The van der Waals surface area contributed by atoms with Crippen LogP contribution in [0.2, 0.25) is 0 Å². The molecule has 3 heteroatoms. The van der Waals surface area contributed by atoms with Gasteiger partial charge in [0.25, 0.3) is 0 Å². The molecule has 3 nitrogen and oxygen atoms in total. The molecular formula is C13H15NO2. The highest BCUT2D eigenvalue weighted by Crippen LogP contribution is 2.32. The van der Waals surface area contributed by atoms with Crippen molar-refractivity contribution in [3.8, 4) is 16.9 Å². The van der Waals surface area contributed by atoms with Crippen LogP contribution in [-0.4, -0.2) is 14.2 Å². The van der Waals surface area contributed by atoms with Crippen LogP contribution >= 0.6 is 0 Å². The molecular weight excluding hydrogens is 202 g/mol. The molecule has 0 amide bonds. The Balaban J connectivity index is 2.45. The van der Waals surface area contributed by atoms with E-state index in [1.165, 1.54) is 0 Å². The Bertz CT molecular complexity index is 462. The van der Waals surface area contributed by atoms with Gasteiger partial charge < -0.3 is 14.5 Å². The lowest BCUT2D eigenvalue weighted by Crippen LogP contribution is -2.05. The fourth-order valence-corrected chi connectivity index (χ4v) is 1.75. The van der Waals surface area contributed by atoms with Crippen LogP contribution in [0.4, 0.5) is 0 Å². The molecule has 0 aliphatic carbocycles. The quantitative estimate of drug-likeness (QED) is 0.855. The fraction of sp³-hybridized carbons (Fsp3) is 0.231. The van der Waals surface area contributed by atoms with Crippen LogP contribution in [-0.2, 0) is 6.54 Å². The molecule has 0 fully saturated rings. The minimum absolute atomic E-state index is 0.709. The zero-order valence-electron chi connectivity index (χ0n) is 9.49. The van der Waals surface area contributed by atoms with Crippen molar-refractivity contribution < 1.29 is 9.15 Å². The van der Waals surface area contributed by atoms with Crippen molar-refractivity contribution in [2.24, 2.45) is 0 Å². The molecule has 2 rings (SSSR count). The smallest absolute Gasteiger partial charge is 0.126 e. The number of hydrogen-bond acceptors (Lipinski definition) is 3. The first-order valence-electron chi connectivity index (χ1n) is 5.21. The normalized spacial score (nSPS) is 10.4. The van der Waals surface area contributed by atoms with Crippen molar-refractivity contribution in [1.29, 1.82) is 0 Å². The molecule has 0 saturated carbocycles. The van der Waals surface area contributed by atoms with Crippen LogP contribution in [0.5, 0.6) is 5.75 Å². The highest BCUT2D eigenvalue weighted by atomic mass is 16.5. The van der Waals surface area contributed by atoms with Gasteiger partial charge in [-0.25, -0.2) is 0 Å². The zero-order chi connectivity index (χ0) is 11.4. The molecule has 0 spiro atoms. The van der Waals surface area contributed by atoms with Gasteiger partial charge in [-0.1, -0.05) is 18.2 Å². The predicted octanol–water partition coefficient (Wildman–Crippen LogP) is 2.67. The second-order valence-electron chi connectivity index (χ2n) is 3.49. The summed E-state index contributed by atoms with van der Waals surface area (Å²) in [5.41, 5.74) is 2.14. The number of nitrogens with one attached hydrogen (secondary N) is 1. The summed E-state index contributed by atoms with van der Waals surface area (Å²) >= 11 is 0. The molecule has 0 aliphatic heterocycles. The van der Waals surface area contributed by atoms with Crippen LogP contribution in [0, 0.1) is 0 Å². The van der Waals surface area contributed by atoms with Gasteiger partial charge in [-0.05, 0) is 19.2 Å². The molecule has 0 bridgehead atoms. The van der Waals surface area contributed by atoms with Gasteiger partial charge in [-0.2, -0.15) is 0 Å². The molecule has 0 saturated heterocycles. The second kappa shape index (κ2) is 4.86. The molecule has 0 unspecified atom stereocenters. The average Bonchev–Trinajstić information content (AvgIpc) is 2.77. The highest BCUT2D eigenvalue weighted by Gasteiger charge is 2.11. The standard InChI is InChI=1S/C13H15NO2/c1-14-9-13-11(7-8-16-13)10-5-3-4-6-12(10)15-2/h3-8,14H,9H2,1-2H3. The van der Waals surface area contributed by atoms with E-state index in [2.05, 4.69) is 5.32 Å². The van der Waals surface area contributed by atoms with Crippen LogP contribution in [0.3, 0.4) is 0 Å². The molecule has 84 valence electrons. The zero-order valence-corrected chi connectivity index (χ0v) is 9.49. The Labute approximate surface area is 95.0 Å². The lowest BCUT2D eigenvalue weighted by molar-refractivity contribution is 0.416. The summed E-state index contributed by atoms with van der Waals surface area (Å²) in [5.74, 6) is 1.79. The molecule has 2 aromatic rings. The molecule has 1 aromatic heterocycles. The van der Waals surface area contributed by atoms with Gasteiger partial charge in [-0.15, -0.1) is 0 Å². The van der Waals surface area contributed by atoms with E-state index in [4.69, 9.17) is 9.15 Å². The lowest BCUT2D eigenvalue weighted by atomic mass is 10.1. The van der Waals surface area contributed by atoms with Crippen molar-refractivity contribution >= 4 is 0 Å². The Hall–Kier alpha value is -1.74. The topological polar surface area (TPSA) is 34.4 Å². The molecule has 0 radical (unpaired) electrons. The monoisotopic (exact) mass is 217 g/mol. The van der Waals surface area contributed by atoms with Crippen molar-refractivity contribution in [3.63, 3.8) is 0 Å². The maximum atomic E-state index is 5.44. The van der Waals surface area contributed by atoms with Crippen LogP contribution in [0.15, 0.2) is 41.0 Å². The van der Waals surface area contributed by atoms with Crippen molar-refractivity contribution in [2.45, 2.75) is 6.54 Å². The Morgan fingerprint density at radius 3 is 2.75 bits per heavy atom. The Morgan fingerprint density at radius 2 is 2.00 bits per heavy atom. The first-order valence-corrected chi connectivity index (χ1v) is 5.21. The fourth-order valence-electron chi connectivity index (χ4n) is 1.75. The summed E-state index contributed by atoms with van der Waals surface area (Å²) in [6, 6.07) is 9.90. The van der Waals surface area contributed by atoms with E-state index in [0.29, 0.717) is 6.54 Å². The average molecular weight is 217 g/mol. The van der Waals surface area contributed by atoms with Gasteiger partial charge >= 0.3 is 0 Å². The predicted molar refractivity (Wildman–Crippen MR) is 63.5 cm³/mol. The molecule has 0 aliphatic rings. The first kappa shape index (κ1) is 10.8. The van der Waals surface area contributed by atoms with E-state index in [0.717, 1.165) is 22.6 Å². The number of methoxy groups -OCH3 is 1. The summed E-state index contributed by atoms with van der Waals surface area (Å²) in [6.45, 7) is 0.709. The SMILES string of the molecule is CNCc1occc1-c1ccccc1OC. The minimum Gasteiger partial charge on any atom is -0.496 e. The van der Waals surface area contributed by atoms with E-state index in [9.17, 15) is 0 Å². The van der Waals surface area contributed by atoms with Gasteiger partial charge in [0.15, 0.2) is 0 Å². The molecule has 1 aromatic carbocycles. The van der Waals surface area contributed by atoms with Crippen LogP contribution in [0.1, 0.15) is 5.76 Å². The van der Waals surface area contributed by atoms with E-state index >= 15 is 0 Å². The Morgan fingerprint density at radius 1 is 1.19 bits per heavy atom. The van der Waals surface area contributed by atoms with Gasteiger partial charge in [0.1, 0.15) is 11.5 Å². The van der Waals surface area contributed by atoms with Gasteiger partial charge in [0, 0.05) is 11.1 Å². The maximum absolute atomic E-state index is 5.44. The van der Waals surface area contributed by atoms with Crippen molar-refractivity contribution in [2.75, 3.05) is 14.2 Å². The number of furan rings is 1. The second-order valence-corrected chi connectivity index (χ2v) is 3.49. The molecule has 1 heterocycles. The van der Waals surface area contributed by atoms with Crippen LogP contribution < -0.4 is 10.1 Å². The first-order chi connectivity index (χ1) is 7.86. The highest BCUT2D eigenvalue weighted by molar-refractivity contribution is 5.71. The lowest BCUT2D eigenvalue weighted by Gasteiger charge is -2.07. The summed E-state index contributed by atoms with van der Waals surface area (Å²) in [5, 5.41) is 3.08. The summed E-state index contributed by atoms with van der Waals surface area (Å²) < 4.78 is 10.8. The summed E-state index contributed by atoms with van der Waals surface area (Å²) in [6.07, 6.45) is 1.70. The number of rotatable bonds is 4. The third-order valence-electron chi connectivity index (χ3n) is 2.48. The Kier molecular flexibility index (Phi) is 3.27.